The molecule has 2 aromatic carbocycles. The first-order chi connectivity index (χ1) is 14.8. The number of aliphatic carboxylic acids is 1. The summed E-state index contributed by atoms with van der Waals surface area (Å²) < 4.78 is 2.01. The number of nitrogens with zero attached hydrogens (tertiary/aromatic N) is 1. The molecular weight excluding hydrogens is 414 g/mol. The van der Waals surface area contributed by atoms with E-state index in [0.717, 1.165) is 22.2 Å². The zero-order chi connectivity index (χ0) is 22.5. The van der Waals surface area contributed by atoms with Crippen LogP contribution >= 0.6 is 11.6 Å². The predicted octanol–water partition coefficient (Wildman–Crippen LogP) is 5.57. The van der Waals surface area contributed by atoms with E-state index in [-0.39, 0.29) is 24.5 Å². The minimum absolute atomic E-state index is 0.0458. The molecule has 2 N–H and O–H groups in total. The third-order valence-corrected chi connectivity index (χ3v) is 5.93. The van der Waals surface area contributed by atoms with E-state index in [2.05, 4.69) is 0 Å². The van der Waals surface area contributed by atoms with E-state index in [1.165, 1.54) is 0 Å². The summed E-state index contributed by atoms with van der Waals surface area (Å²) in [5.41, 5.74) is 3.30. The quantitative estimate of drug-likeness (QED) is 0.403. The number of aromatic nitrogens is 1. The second kappa shape index (κ2) is 10.1. The van der Waals surface area contributed by atoms with E-state index in [1.54, 1.807) is 19.1 Å². The molecule has 164 valence electrons. The first kappa shape index (κ1) is 23.0. The lowest BCUT2D eigenvalue weighted by Gasteiger charge is -2.13. The number of rotatable bonds is 10. The molecule has 0 radical (unpaired) electrons. The van der Waals surface area contributed by atoms with Crippen LogP contribution < -0.4 is 0 Å². The molecule has 31 heavy (non-hydrogen) atoms. The Labute approximate surface area is 187 Å². The molecule has 1 aromatic heterocycles. The summed E-state index contributed by atoms with van der Waals surface area (Å²) in [6.45, 7) is 1.78. The van der Waals surface area contributed by atoms with Crippen molar-refractivity contribution < 1.29 is 19.8 Å². The lowest BCUT2D eigenvalue weighted by molar-refractivity contribution is -0.137. The van der Waals surface area contributed by atoms with Crippen LogP contribution in [0.2, 0.25) is 5.02 Å². The third-order valence-electron chi connectivity index (χ3n) is 5.69. The standard InChI is InChI=1S/C25H28ClNO4/c1-16(14-24(30)31)13-23(29)25-19-15-18(26)11-12-20(19)27(2)21(25)9-6-10-22(28)17-7-4-3-5-8-17/h3-5,7-8,11-12,15-16,22,28H,6,9-10,13-14H2,1-2H3,(H,30,31)/t16-,22?/m1/s1. The fourth-order valence-electron chi connectivity index (χ4n) is 4.17. The smallest absolute Gasteiger partial charge is 0.303 e. The number of carboxylic acid groups (broad SMARTS) is 1. The highest BCUT2D eigenvalue weighted by atomic mass is 35.5. The van der Waals surface area contributed by atoms with Crippen LogP contribution in [-0.4, -0.2) is 26.5 Å². The molecule has 1 heterocycles. The number of aliphatic hydroxyl groups is 1. The van der Waals surface area contributed by atoms with E-state index in [1.807, 2.05) is 48.0 Å². The zero-order valence-electron chi connectivity index (χ0n) is 17.8. The van der Waals surface area contributed by atoms with E-state index >= 15 is 0 Å². The summed E-state index contributed by atoms with van der Waals surface area (Å²) in [6, 6.07) is 15.0. The van der Waals surface area contributed by atoms with Crippen LogP contribution in [0.5, 0.6) is 0 Å². The number of carboxylic acids is 1. The van der Waals surface area contributed by atoms with Gasteiger partial charge in [0.05, 0.1) is 6.10 Å². The molecular formula is C25H28ClNO4. The molecule has 3 rings (SSSR count). The fraction of sp³-hybridized carbons (Fsp3) is 0.360. The van der Waals surface area contributed by atoms with Gasteiger partial charge in [0.2, 0.25) is 0 Å². The van der Waals surface area contributed by atoms with Crippen LogP contribution in [0.15, 0.2) is 48.5 Å². The average Bonchev–Trinajstić information content (AvgIpc) is 2.99. The highest BCUT2D eigenvalue weighted by molar-refractivity contribution is 6.31. The molecule has 1 unspecified atom stereocenters. The number of carbonyl (C=O) groups is 2. The third kappa shape index (κ3) is 5.54. The largest absolute Gasteiger partial charge is 0.481 e. The molecule has 0 fully saturated rings. The normalized spacial score (nSPS) is 13.3. The van der Waals surface area contributed by atoms with Crippen molar-refractivity contribution in [3.63, 3.8) is 0 Å². The topological polar surface area (TPSA) is 79.5 Å². The Morgan fingerprint density at radius 3 is 2.48 bits per heavy atom. The van der Waals surface area contributed by atoms with Crippen LogP contribution in [0.25, 0.3) is 10.9 Å². The zero-order valence-corrected chi connectivity index (χ0v) is 18.6. The van der Waals surface area contributed by atoms with Gasteiger partial charge in [0.15, 0.2) is 5.78 Å². The number of fused-ring (bicyclic) bond motifs is 1. The highest BCUT2D eigenvalue weighted by Gasteiger charge is 2.23. The van der Waals surface area contributed by atoms with Crippen molar-refractivity contribution in [2.45, 2.75) is 45.1 Å². The summed E-state index contributed by atoms with van der Waals surface area (Å²) >= 11 is 6.21. The number of aliphatic hydroxyl groups excluding tert-OH is 1. The number of halogens is 1. The molecule has 0 amide bonds. The lowest BCUT2D eigenvalue weighted by atomic mass is 9.94. The second-order valence-corrected chi connectivity index (χ2v) is 8.63. The van der Waals surface area contributed by atoms with Gasteiger partial charge >= 0.3 is 5.97 Å². The predicted molar refractivity (Wildman–Crippen MR) is 123 cm³/mol. The van der Waals surface area contributed by atoms with Crippen LogP contribution in [0.3, 0.4) is 0 Å². The van der Waals surface area contributed by atoms with Gasteiger partial charge in [-0.1, -0.05) is 48.9 Å². The van der Waals surface area contributed by atoms with Crippen molar-refractivity contribution in [2.24, 2.45) is 13.0 Å². The Balaban J connectivity index is 1.85. The summed E-state index contributed by atoms with van der Waals surface area (Å²) in [6.07, 6.45) is 1.48. The molecule has 2 atom stereocenters. The number of carbonyl (C=O) groups excluding carboxylic acids is 1. The van der Waals surface area contributed by atoms with Crippen LogP contribution in [-0.2, 0) is 18.3 Å². The molecule has 0 saturated heterocycles. The number of aryl methyl sites for hydroxylation is 1. The highest BCUT2D eigenvalue weighted by Crippen LogP contribution is 2.32. The number of Topliss-reactive ketones (excluding diaryl/α,β-unsaturated/α-hetero) is 1. The molecule has 3 aromatic rings. The molecule has 0 bridgehead atoms. The SMILES string of the molecule is C[C@@H](CC(=O)O)CC(=O)c1c(CCCC(O)c2ccccc2)n(C)c2ccc(Cl)cc12. The minimum Gasteiger partial charge on any atom is -0.481 e. The van der Waals surface area contributed by atoms with Gasteiger partial charge in [0, 0.05) is 47.1 Å². The maximum atomic E-state index is 13.2. The molecule has 0 spiro atoms. The van der Waals surface area contributed by atoms with E-state index in [9.17, 15) is 14.7 Å². The van der Waals surface area contributed by atoms with Crippen LogP contribution in [0, 0.1) is 5.92 Å². The van der Waals surface area contributed by atoms with Crippen molar-refractivity contribution >= 4 is 34.3 Å². The van der Waals surface area contributed by atoms with E-state index < -0.39 is 12.1 Å². The van der Waals surface area contributed by atoms with Gasteiger partial charge < -0.3 is 14.8 Å². The van der Waals surface area contributed by atoms with Gasteiger partial charge in [-0.05, 0) is 48.9 Å². The van der Waals surface area contributed by atoms with Gasteiger partial charge in [-0.15, -0.1) is 0 Å². The maximum absolute atomic E-state index is 13.2. The van der Waals surface area contributed by atoms with Crippen molar-refractivity contribution in [1.82, 2.24) is 4.57 Å². The molecule has 6 heteroatoms. The van der Waals surface area contributed by atoms with Crippen molar-refractivity contribution in [2.75, 3.05) is 0 Å². The van der Waals surface area contributed by atoms with Gasteiger partial charge in [-0.2, -0.15) is 0 Å². The lowest BCUT2D eigenvalue weighted by Crippen LogP contribution is -2.12. The molecule has 0 saturated carbocycles. The summed E-state index contributed by atoms with van der Waals surface area (Å²) in [5.74, 6) is -1.23. The van der Waals surface area contributed by atoms with Gasteiger partial charge in [-0.3, -0.25) is 9.59 Å². The monoisotopic (exact) mass is 441 g/mol. The van der Waals surface area contributed by atoms with Gasteiger partial charge in [0.25, 0.3) is 0 Å². The van der Waals surface area contributed by atoms with E-state index in [0.29, 0.717) is 29.8 Å². The van der Waals surface area contributed by atoms with Crippen LogP contribution in [0.4, 0.5) is 0 Å². The summed E-state index contributed by atoms with van der Waals surface area (Å²) in [7, 11) is 1.93. The number of benzene rings is 2. The average molecular weight is 442 g/mol. The van der Waals surface area contributed by atoms with Crippen LogP contribution in [0.1, 0.15) is 60.3 Å². The van der Waals surface area contributed by atoms with E-state index in [4.69, 9.17) is 16.7 Å². The molecule has 0 aliphatic carbocycles. The van der Waals surface area contributed by atoms with Crippen molar-refractivity contribution in [3.8, 4) is 0 Å². The minimum atomic E-state index is -0.906. The Hall–Kier alpha value is -2.63. The molecule has 5 nitrogen and oxygen atoms in total. The Bertz CT molecular complexity index is 1070. The first-order valence-corrected chi connectivity index (χ1v) is 10.9. The maximum Gasteiger partial charge on any atom is 0.303 e. The van der Waals surface area contributed by atoms with Crippen molar-refractivity contribution in [1.29, 1.82) is 0 Å². The number of hydrogen-bond donors (Lipinski definition) is 2. The number of ketones is 1. The summed E-state index contributed by atoms with van der Waals surface area (Å²) in [4.78, 5) is 24.2. The van der Waals surface area contributed by atoms with Gasteiger partial charge in [0.1, 0.15) is 0 Å². The second-order valence-electron chi connectivity index (χ2n) is 8.19. The molecule has 0 aliphatic rings. The molecule has 0 aliphatic heterocycles. The van der Waals surface area contributed by atoms with Gasteiger partial charge in [-0.25, -0.2) is 0 Å². The Morgan fingerprint density at radius 1 is 1.10 bits per heavy atom. The first-order valence-electron chi connectivity index (χ1n) is 10.5. The fourth-order valence-corrected chi connectivity index (χ4v) is 4.34. The Morgan fingerprint density at radius 2 is 1.81 bits per heavy atom. The summed E-state index contributed by atoms with van der Waals surface area (Å²) in [5, 5.41) is 20.9. The number of hydrogen-bond acceptors (Lipinski definition) is 3. The van der Waals surface area contributed by atoms with Crippen molar-refractivity contribution in [3.05, 3.63) is 70.4 Å². The Kier molecular flexibility index (Phi) is 7.52.